The van der Waals surface area contributed by atoms with E-state index in [9.17, 15) is 34.2 Å². The number of amides is 1. The van der Waals surface area contributed by atoms with Crippen molar-refractivity contribution in [3.8, 4) is 0 Å². The number of hydrogen-bond donors (Lipinski definition) is 3. The Kier molecular flexibility index (Phi) is 12.9. The Morgan fingerprint density at radius 3 is 2.21 bits per heavy atom. The van der Waals surface area contributed by atoms with Gasteiger partial charge in [-0.1, -0.05) is 59.4 Å². The maximum atomic E-state index is 14.5. The Morgan fingerprint density at radius 1 is 1.00 bits per heavy atom. The van der Waals surface area contributed by atoms with Gasteiger partial charge in [0.05, 0.1) is 17.7 Å². The Labute approximate surface area is 364 Å². The highest BCUT2D eigenvalue weighted by molar-refractivity contribution is 5.89. The highest BCUT2D eigenvalue weighted by Gasteiger charge is 2.79. The highest BCUT2D eigenvalue weighted by Crippen LogP contribution is 2.70. The van der Waals surface area contributed by atoms with E-state index in [1.165, 1.54) is 19.9 Å². The normalized spacial score (nSPS) is 35.5. The van der Waals surface area contributed by atoms with Crippen molar-refractivity contribution in [2.75, 3.05) is 0 Å². The topological polar surface area (TPSA) is 202 Å². The van der Waals surface area contributed by atoms with E-state index < -0.39 is 112 Å². The van der Waals surface area contributed by atoms with Gasteiger partial charge in [0.1, 0.15) is 35.1 Å². The summed E-state index contributed by atoms with van der Waals surface area (Å²) in [6, 6.07) is 7.16. The van der Waals surface area contributed by atoms with Crippen LogP contribution in [0.1, 0.15) is 119 Å². The van der Waals surface area contributed by atoms with Crippen LogP contribution in [0.15, 0.2) is 54.1 Å². The van der Waals surface area contributed by atoms with Crippen molar-refractivity contribution in [1.82, 2.24) is 5.32 Å². The largest absolute Gasteiger partial charge is 0.458 e. The molecule has 5 aliphatic rings. The van der Waals surface area contributed by atoms with Crippen molar-refractivity contribution in [2.45, 2.75) is 174 Å². The summed E-state index contributed by atoms with van der Waals surface area (Å²) in [6.07, 6.45) is -6.85. The van der Waals surface area contributed by atoms with E-state index in [1.807, 2.05) is 20.8 Å². The average molecular weight is 868 g/mol. The zero-order valence-corrected chi connectivity index (χ0v) is 37.9. The number of carbonyl (C=O) groups excluding carboxylic acids is 5. The summed E-state index contributed by atoms with van der Waals surface area (Å²) in [5, 5.41) is 28.2. The Hall–Kier alpha value is -4.31. The minimum atomic E-state index is -2.17. The number of aliphatic hydroxyl groups is 2. The summed E-state index contributed by atoms with van der Waals surface area (Å²) < 4.78 is 44.4. The van der Waals surface area contributed by atoms with Gasteiger partial charge in [0.15, 0.2) is 18.5 Å². The number of esters is 4. The zero-order chi connectivity index (χ0) is 45.9. The van der Waals surface area contributed by atoms with Crippen molar-refractivity contribution in [1.29, 1.82) is 0 Å². The number of ether oxygens (including phenoxy) is 7. The number of carbonyl (C=O) groups is 5. The molecule has 2 bridgehead atoms. The van der Waals surface area contributed by atoms with E-state index in [2.05, 4.69) is 11.9 Å². The SMILES string of the molecule is C=CC1O[C@H]2C[C@H]3CC[C@@]3(OC(C)=O)[C@H]3[C@H](OC(=O)c4ccccc4)[C@]4(O)C[C@H](OC(=O)[C@H](O)[C@H](CC(C)C)NC(=O)OC(C)(C)C)C(C)=C([C@H](OC(C)=O)[C@H](O1)[C@]23C)C4(C)C. The molecule has 1 aromatic carbocycles. The van der Waals surface area contributed by atoms with Crippen LogP contribution in [-0.4, -0.2) is 106 Å². The van der Waals surface area contributed by atoms with Gasteiger partial charge in [0, 0.05) is 42.9 Å². The molecule has 0 radical (unpaired) electrons. The summed E-state index contributed by atoms with van der Waals surface area (Å²) in [4.78, 5) is 68.2. The van der Waals surface area contributed by atoms with E-state index in [1.54, 1.807) is 71.9 Å². The minimum absolute atomic E-state index is 0.0824. The van der Waals surface area contributed by atoms with E-state index >= 15 is 0 Å². The molecular formula is C47H65NO14. The molecule has 6 rings (SSSR count). The van der Waals surface area contributed by atoms with Gasteiger partial charge < -0.3 is 48.7 Å². The molecule has 1 aliphatic heterocycles. The lowest BCUT2D eigenvalue weighted by Gasteiger charge is -2.71. The molecule has 1 unspecified atom stereocenters. The van der Waals surface area contributed by atoms with Crippen LogP contribution >= 0.6 is 0 Å². The fourth-order valence-electron chi connectivity index (χ4n) is 11.2. The Morgan fingerprint density at radius 2 is 1.66 bits per heavy atom. The number of alkyl carbamates (subject to hydrolysis) is 1. The van der Waals surface area contributed by atoms with Crippen LogP contribution in [0.2, 0.25) is 0 Å². The number of aliphatic hydroxyl groups excluding tert-OH is 1. The predicted molar refractivity (Wildman–Crippen MR) is 223 cm³/mol. The first-order chi connectivity index (χ1) is 28.8. The number of benzene rings is 1. The minimum Gasteiger partial charge on any atom is -0.458 e. The lowest BCUT2D eigenvalue weighted by atomic mass is 9.40. The zero-order valence-electron chi connectivity index (χ0n) is 37.9. The first-order valence-corrected chi connectivity index (χ1v) is 21.7. The molecule has 0 spiro atoms. The van der Waals surface area contributed by atoms with Crippen molar-refractivity contribution in [3.63, 3.8) is 0 Å². The maximum Gasteiger partial charge on any atom is 0.407 e. The van der Waals surface area contributed by atoms with Crippen LogP contribution in [0, 0.1) is 28.6 Å². The van der Waals surface area contributed by atoms with Crippen molar-refractivity contribution in [3.05, 3.63) is 59.7 Å². The lowest BCUT2D eigenvalue weighted by molar-refractivity contribution is -0.380. The second kappa shape index (κ2) is 17.0. The molecule has 4 aliphatic carbocycles. The smallest absolute Gasteiger partial charge is 0.407 e. The first-order valence-electron chi connectivity index (χ1n) is 21.7. The second-order valence-corrected chi connectivity index (χ2v) is 20.0. The molecule has 1 aromatic rings. The summed E-state index contributed by atoms with van der Waals surface area (Å²) in [6.45, 7) is 22.4. The molecule has 1 saturated heterocycles. The molecule has 1 heterocycles. The number of hydrogen-bond acceptors (Lipinski definition) is 14. The third kappa shape index (κ3) is 8.30. The molecular weight excluding hydrogens is 803 g/mol. The van der Waals surface area contributed by atoms with Crippen LogP contribution in [-0.2, 0) is 47.5 Å². The number of fused-ring (bicyclic) bond motifs is 4. The molecule has 15 heteroatoms. The Balaban J connectivity index is 1.57. The molecule has 62 heavy (non-hydrogen) atoms. The molecule has 342 valence electrons. The molecule has 1 amide bonds. The van der Waals surface area contributed by atoms with E-state index in [0.717, 1.165) is 0 Å². The van der Waals surface area contributed by atoms with Crippen LogP contribution in [0.25, 0.3) is 0 Å². The molecule has 15 nitrogen and oxygen atoms in total. The van der Waals surface area contributed by atoms with Crippen molar-refractivity contribution in [2.24, 2.45) is 28.6 Å². The van der Waals surface area contributed by atoms with Gasteiger partial charge >= 0.3 is 30.0 Å². The predicted octanol–water partition coefficient (Wildman–Crippen LogP) is 5.88. The van der Waals surface area contributed by atoms with Gasteiger partial charge in [-0.25, -0.2) is 14.4 Å². The monoisotopic (exact) mass is 867 g/mol. The van der Waals surface area contributed by atoms with Gasteiger partial charge in [-0.05, 0) is 88.7 Å². The van der Waals surface area contributed by atoms with Gasteiger partial charge in [0.2, 0.25) is 0 Å². The van der Waals surface area contributed by atoms with Crippen molar-refractivity contribution < 1.29 is 67.3 Å². The Bertz CT molecular complexity index is 1960. The van der Waals surface area contributed by atoms with Crippen LogP contribution < -0.4 is 5.32 Å². The van der Waals surface area contributed by atoms with Gasteiger partial charge in [-0.2, -0.15) is 0 Å². The molecule has 13 atom stereocenters. The average Bonchev–Trinajstić information content (AvgIpc) is 3.15. The van der Waals surface area contributed by atoms with Crippen molar-refractivity contribution >= 4 is 30.0 Å². The van der Waals surface area contributed by atoms with Gasteiger partial charge in [0.25, 0.3) is 0 Å². The van der Waals surface area contributed by atoms with E-state index in [4.69, 9.17) is 33.2 Å². The molecule has 0 aromatic heterocycles. The maximum absolute atomic E-state index is 14.5. The molecule has 4 fully saturated rings. The molecule has 3 saturated carbocycles. The number of nitrogens with one attached hydrogen (secondary N) is 1. The van der Waals surface area contributed by atoms with E-state index in [-0.39, 0.29) is 30.2 Å². The summed E-state index contributed by atoms with van der Waals surface area (Å²) in [5.74, 6) is -4.56. The highest BCUT2D eigenvalue weighted by atomic mass is 16.7. The standard InChI is InChI=1S/C47H65NO14/c1-13-33-58-32-22-29-19-20-46(29,61-27(6)50)37-39(60-40(52)28-17-15-14-16-18-28)47(55)23-31(57-41(53)35(51)30(21-24(2)3)48-42(54)62-43(7,8)9)25(4)34(44(47,10)11)36(56-26(5)49)38(59-33)45(32,37)12/h13-18,24,29-33,35-39,51,55H,1,19-23H2,2-12H3,(H,48,54)/t29-,30+,31+,32+,33?,35-,36+,37+,38+,39+,45-,46+,47-/m1/s1. The first kappa shape index (κ1) is 47.2. The van der Waals surface area contributed by atoms with Crippen LogP contribution in [0.3, 0.4) is 0 Å². The number of rotatable bonds is 11. The summed E-state index contributed by atoms with van der Waals surface area (Å²) in [5.41, 5.74) is -6.15. The fourth-order valence-corrected chi connectivity index (χ4v) is 11.2. The lowest BCUT2D eigenvalue weighted by Crippen LogP contribution is -2.81. The van der Waals surface area contributed by atoms with Crippen LogP contribution in [0.4, 0.5) is 4.79 Å². The summed E-state index contributed by atoms with van der Waals surface area (Å²) in [7, 11) is 0. The third-order valence-corrected chi connectivity index (χ3v) is 14.0. The third-order valence-electron chi connectivity index (χ3n) is 14.0. The van der Waals surface area contributed by atoms with Crippen LogP contribution in [0.5, 0.6) is 0 Å². The van der Waals surface area contributed by atoms with Gasteiger partial charge in [-0.15, -0.1) is 0 Å². The van der Waals surface area contributed by atoms with E-state index in [0.29, 0.717) is 30.4 Å². The fraction of sp³-hybridized carbons (Fsp3) is 0.681. The molecule has 3 N–H and O–H groups in total. The van der Waals surface area contributed by atoms with Gasteiger partial charge in [-0.3, -0.25) is 9.59 Å². The quantitative estimate of drug-likeness (QED) is 0.135. The second-order valence-electron chi connectivity index (χ2n) is 20.0. The summed E-state index contributed by atoms with van der Waals surface area (Å²) >= 11 is 0.